The molecule has 0 radical (unpaired) electrons. The van der Waals surface area contributed by atoms with E-state index < -0.39 is 6.09 Å². The predicted octanol–water partition coefficient (Wildman–Crippen LogP) is 0.120. The second-order valence-electron chi connectivity index (χ2n) is 2.15. The molecule has 0 aromatic heterocycles. The van der Waals surface area contributed by atoms with Gasteiger partial charge in [0.05, 0.1) is 7.11 Å². The SMILES string of the molecule is COC(=O)N1CCC1N=C=O. The van der Waals surface area contributed by atoms with Crippen molar-refractivity contribution in [1.82, 2.24) is 4.90 Å². The van der Waals surface area contributed by atoms with Crippen LogP contribution in [0, 0.1) is 0 Å². The molecule has 0 saturated carbocycles. The van der Waals surface area contributed by atoms with Crippen molar-refractivity contribution in [2.75, 3.05) is 13.7 Å². The molecule has 0 aromatic carbocycles. The standard InChI is InChI=1S/C6H8N2O3/c1-11-6(10)8-3-2-5(8)7-4-9/h5H,2-3H2,1H3. The van der Waals surface area contributed by atoms with Crippen molar-refractivity contribution >= 4 is 12.2 Å². The van der Waals surface area contributed by atoms with Crippen LogP contribution in [0.3, 0.4) is 0 Å². The largest absolute Gasteiger partial charge is 0.453 e. The first-order chi connectivity index (χ1) is 5.29. The Morgan fingerprint density at radius 2 is 2.55 bits per heavy atom. The van der Waals surface area contributed by atoms with Gasteiger partial charge < -0.3 is 4.74 Å². The number of ether oxygens (including phenoxy) is 1. The molecule has 1 aliphatic heterocycles. The van der Waals surface area contributed by atoms with E-state index in [1.54, 1.807) is 0 Å². The predicted molar refractivity (Wildman–Crippen MR) is 35.6 cm³/mol. The number of carbonyl (C=O) groups is 1. The number of methoxy groups -OCH3 is 1. The van der Waals surface area contributed by atoms with Crippen LogP contribution >= 0.6 is 0 Å². The normalized spacial score (nSPS) is 21.5. The lowest BCUT2D eigenvalue weighted by atomic mass is 10.2. The van der Waals surface area contributed by atoms with Crippen LogP contribution in [0.2, 0.25) is 0 Å². The van der Waals surface area contributed by atoms with Crippen LogP contribution in [-0.4, -0.2) is 36.9 Å². The van der Waals surface area contributed by atoms with Gasteiger partial charge in [0.1, 0.15) is 6.17 Å². The van der Waals surface area contributed by atoms with Crippen LogP contribution < -0.4 is 0 Å². The molecule has 0 aromatic rings. The average Bonchev–Trinajstić information content (AvgIpc) is 1.98. The Morgan fingerprint density at radius 3 is 2.91 bits per heavy atom. The first kappa shape index (κ1) is 7.75. The Kier molecular flexibility index (Phi) is 2.23. The molecular weight excluding hydrogens is 148 g/mol. The number of hydrogen-bond acceptors (Lipinski definition) is 4. The monoisotopic (exact) mass is 156 g/mol. The third-order valence-electron chi connectivity index (χ3n) is 1.60. The van der Waals surface area contributed by atoms with Gasteiger partial charge in [-0.3, -0.25) is 4.90 Å². The van der Waals surface area contributed by atoms with E-state index in [-0.39, 0.29) is 6.17 Å². The number of likely N-dealkylation sites (tertiary alicyclic amines) is 1. The number of amides is 1. The van der Waals surface area contributed by atoms with Gasteiger partial charge in [0, 0.05) is 13.0 Å². The van der Waals surface area contributed by atoms with E-state index in [2.05, 4.69) is 9.73 Å². The zero-order chi connectivity index (χ0) is 8.27. The highest BCUT2D eigenvalue weighted by Crippen LogP contribution is 2.18. The third-order valence-corrected chi connectivity index (χ3v) is 1.60. The maximum absolute atomic E-state index is 10.8. The number of rotatable bonds is 1. The van der Waals surface area contributed by atoms with Gasteiger partial charge >= 0.3 is 6.09 Å². The summed E-state index contributed by atoms with van der Waals surface area (Å²) in [6.45, 7) is 0.600. The van der Waals surface area contributed by atoms with Crippen LogP contribution in [0.15, 0.2) is 4.99 Å². The van der Waals surface area contributed by atoms with Crippen LogP contribution in [0.1, 0.15) is 6.42 Å². The number of nitrogens with zero attached hydrogens (tertiary/aromatic N) is 2. The maximum atomic E-state index is 10.8. The molecule has 60 valence electrons. The minimum atomic E-state index is -0.444. The van der Waals surface area contributed by atoms with Gasteiger partial charge in [-0.25, -0.2) is 9.59 Å². The van der Waals surface area contributed by atoms with Gasteiger partial charge in [0.15, 0.2) is 0 Å². The molecule has 1 unspecified atom stereocenters. The smallest absolute Gasteiger partial charge is 0.411 e. The van der Waals surface area contributed by atoms with Crippen LogP contribution in [0.5, 0.6) is 0 Å². The topological polar surface area (TPSA) is 59.0 Å². The van der Waals surface area contributed by atoms with E-state index in [9.17, 15) is 9.59 Å². The minimum Gasteiger partial charge on any atom is -0.453 e. The van der Waals surface area contributed by atoms with Crippen molar-refractivity contribution in [3.8, 4) is 0 Å². The minimum absolute atomic E-state index is 0.347. The summed E-state index contributed by atoms with van der Waals surface area (Å²) >= 11 is 0. The summed E-state index contributed by atoms with van der Waals surface area (Å²) < 4.78 is 4.43. The van der Waals surface area contributed by atoms with Gasteiger partial charge in [-0.1, -0.05) is 0 Å². The van der Waals surface area contributed by atoms with Gasteiger partial charge in [0.25, 0.3) is 0 Å². The van der Waals surface area contributed by atoms with Gasteiger partial charge in [-0.05, 0) is 0 Å². The summed E-state index contributed by atoms with van der Waals surface area (Å²) in [5.74, 6) is 0. The van der Waals surface area contributed by atoms with Gasteiger partial charge in [0.2, 0.25) is 6.08 Å². The molecular formula is C6H8N2O3. The molecule has 0 bridgehead atoms. The van der Waals surface area contributed by atoms with E-state index in [1.165, 1.54) is 18.1 Å². The Hall–Kier alpha value is -1.35. The van der Waals surface area contributed by atoms with Gasteiger partial charge in [-0.2, -0.15) is 4.99 Å². The molecule has 0 spiro atoms. The zero-order valence-electron chi connectivity index (χ0n) is 6.11. The summed E-state index contributed by atoms with van der Waals surface area (Å²) in [6, 6.07) is 0. The fraction of sp³-hybridized carbons (Fsp3) is 0.667. The molecule has 0 aliphatic carbocycles. The number of carbonyl (C=O) groups excluding carboxylic acids is 2. The highest BCUT2D eigenvalue weighted by Gasteiger charge is 2.32. The zero-order valence-corrected chi connectivity index (χ0v) is 6.11. The number of aliphatic imine (C=N–C) groups is 1. The molecule has 1 rings (SSSR count). The molecule has 11 heavy (non-hydrogen) atoms. The summed E-state index contributed by atoms with van der Waals surface area (Å²) in [5.41, 5.74) is 0. The quantitative estimate of drug-likeness (QED) is 0.400. The van der Waals surface area contributed by atoms with E-state index in [1.807, 2.05) is 0 Å². The van der Waals surface area contributed by atoms with Crippen LogP contribution in [0.4, 0.5) is 4.79 Å². The molecule has 1 aliphatic rings. The summed E-state index contributed by atoms with van der Waals surface area (Å²) in [6.07, 6.45) is 1.33. The Labute approximate surface area is 63.6 Å². The van der Waals surface area contributed by atoms with E-state index in [4.69, 9.17) is 0 Å². The Balaban J connectivity index is 2.49. The van der Waals surface area contributed by atoms with Crippen molar-refractivity contribution < 1.29 is 14.3 Å². The van der Waals surface area contributed by atoms with Crippen molar-refractivity contribution in [3.05, 3.63) is 0 Å². The fourth-order valence-electron chi connectivity index (χ4n) is 0.899. The second-order valence-corrected chi connectivity index (χ2v) is 2.15. The van der Waals surface area contributed by atoms with Crippen molar-refractivity contribution in [2.24, 2.45) is 4.99 Å². The molecule has 5 nitrogen and oxygen atoms in total. The van der Waals surface area contributed by atoms with E-state index in [0.717, 1.165) is 0 Å². The Morgan fingerprint density at radius 1 is 1.82 bits per heavy atom. The molecule has 1 amide bonds. The molecule has 1 heterocycles. The number of hydrogen-bond donors (Lipinski definition) is 0. The first-order valence-corrected chi connectivity index (χ1v) is 3.21. The first-order valence-electron chi connectivity index (χ1n) is 3.21. The molecule has 1 fully saturated rings. The highest BCUT2D eigenvalue weighted by molar-refractivity contribution is 5.69. The fourth-order valence-corrected chi connectivity index (χ4v) is 0.899. The van der Waals surface area contributed by atoms with Crippen molar-refractivity contribution in [3.63, 3.8) is 0 Å². The van der Waals surface area contributed by atoms with Gasteiger partial charge in [-0.15, -0.1) is 0 Å². The second kappa shape index (κ2) is 3.16. The lowest BCUT2D eigenvalue weighted by Crippen LogP contribution is -2.49. The van der Waals surface area contributed by atoms with Crippen LogP contribution in [-0.2, 0) is 9.53 Å². The lowest BCUT2D eigenvalue weighted by molar-refractivity contribution is 0.0650. The number of isocyanates is 1. The lowest BCUT2D eigenvalue weighted by Gasteiger charge is -2.35. The van der Waals surface area contributed by atoms with Crippen molar-refractivity contribution in [2.45, 2.75) is 12.6 Å². The highest BCUT2D eigenvalue weighted by atomic mass is 16.5. The summed E-state index contributed by atoms with van der Waals surface area (Å²) in [7, 11) is 1.29. The maximum Gasteiger partial charge on any atom is 0.411 e. The molecule has 1 saturated heterocycles. The van der Waals surface area contributed by atoms with Crippen molar-refractivity contribution in [1.29, 1.82) is 0 Å². The summed E-state index contributed by atoms with van der Waals surface area (Å²) in [5, 5.41) is 0. The van der Waals surface area contributed by atoms with E-state index >= 15 is 0 Å². The molecule has 1 atom stereocenters. The Bertz CT molecular complexity index is 210. The average molecular weight is 156 g/mol. The van der Waals surface area contributed by atoms with E-state index in [0.29, 0.717) is 13.0 Å². The van der Waals surface area contributed by atoms with Crippen LogP contribution in [0.25, 0.3) is 0 Å². The molecule has 0 N–H and O–H groups in total. The molecule has 5 heteroatoms. The third kappa shape index (κ3) is 1.38. The summed E-state index contributed by atoms with van der Waals surface area (Å²) in [4.78, 5) is 25.4.